The third kappa shape index (κ3) is 1.92. The largest absolute Gasteiger partial charge is 0.302 e. The zero-order valence-electron chi connectivity index (χ0n) is 16.2. The van der Waals surface area contributed by atoms with Crippen LogP contribution in [-0.2, 0) is 10.2 Å². The van der Waals surface area contributed by atoms with Gasteiger partial charge in [0.2, 0.25) is 0 Å². The zero-order chi connectivity index (χ0) is 19.6. The van der Waals surface area contributed by atoms with Gasteiger partial charge in [-0.1, -0.05) is 96.6 Å². The smallest absolute Gasteiger partial charge is 0.131 e. The highest BCUT2D eigenvalue weighted by Crippen LogP contribution is 2.60. The molecule has 0 radical (unpaired) electrons. The molecule has 138 valence electrons. The molecule has 2 aliphatic rings. The molecule has 1 spiro atoms. The molecule has 0 heterocycles. The maximum absolute atomic E-state index is 12.3. The number of aldehydes is 1. The van der Waals surface area contributed by atoms with Crippen LogP contribution in [0.4, 0.5) is 0 Å². The van der Waals surface area contributed by atoms with Crippen LogP contribution in [0.2, 0.25) is 0 Å². The summed E-state index contributed by atoms with van der Waals surface area (Å²) >= 11 is 0. The van der Waals surface area contributed by atoms with Crippen molar-refractivity contribution < 1.29 is 4.79 Å². The molecule has 4 aromatic carbocycles. The van der Waals surface area contributed by atoms with Crippen molar-refractivity contribution >= 4 is 6.29 Å². The minimum atomic E-state index is -0.384. The number of rotatable bonds is 1. The second kappa shape index (κ2) is 5.78. The molecular formula is C28H20O. The lowest BCUT2D eigenvalue weighted by Crippen LogP contribution is -2.36. The first-order chi connectivity index (χ1) is 14.3. The van der Waals surface area contributed by atoms with Gasteiger partial charge in [-0.05, 0) is 51.4 Å². The summed E-state index contributed by atoms with van der Waals surface area (Å²) in [6.45, 7) is 2.14. The Morgan fingerprint density at radius 1 is 0.655 bits per heavy atom. The molecule has 0 saturated carbocycles. The second-order valence-corrected chi connectivity index (χ2v) is 8.13. The van der Waals surface area contributed by atoms with Gasteiger partial charge in [-0.3, -0.25) is 0 Å². The molecule has 4 aromatic rings. The van der Waals surface area contributed by atoms with Gasteiger partial charge < -0.3 is 4.79 Å². The van der Waals surface area contributed by atoms with E-state index in [1.165, 1.54) is 38.9 Å². The van der Waals surface area contributed by atoms with E-state index >= 15 is 0 Å². The minimum absolute atomic E-state index is 0.229. The number of carbonyl (C=O) groups is 1. The van der Waals surface area contributed by atoms with Gasteiger partial charge in [0.05, 0.1) is 11.3 Å². The summed E-state index contributed by atoms with van der Waals surface area (Å²) in [5.74, 6) is -0.229. The third-order valence-corrected chi connectivity index (χ3v) is 6.74. The lowest BCUT2D eigenvalue weighted by atomic mass is 9.59. The van der Waals surface area contributed by atoms with E-state index in [0.29, 0.717) is 0 Å². The van der Waals surface area contributed by atoms with Crippen LogP contribution in [0.15, 0.2) is 91.0 Å². The predicted octanol–water partition coefficient (Wildman–Crippen LogP) is 6.00. The zero-order valence-corrected chi connectivity index (χ0v) is 16.2. The molecule has 0 N–H and O–H groups in total. The van der Waals surface area contributed by atoms with Gasteiger partial charge in [0.1, 0.15) is 6.29 Å². The first kappa shape index (κ1) is 16.5. The van der Waals surface area contributed by atoms with Crippen LogP contribution in [-0.4, -0.2) is 6.29 Å². The quantitative estimate of drug-likeness (QED) is 0.330. The van der Waals surface area contributed by atoms with Gasteiger partial charge in [0.15, 0.2) is 0 Å². The van der Waals surface area contributed by atoms with E-state index in [-0.39, 0.29) is 11.3 Å². The van der Waals surface area contributed by atoms with Crippen molar-refractivity contribution in [1.82, 2.24) is 0 Å². The Bertz CT molecular complexity index is 1250. The molecule has 0 fully saturated rings. The van der Waals surface area contributed by atoms with Gasteiger partial charge in [-0.15, -0.1) is 0 Å². The van der Waals surface area contributed by atoms with Gasteiger partial charge in [0, 0.05) is 0 Å². The van der Waals surface area contributed by atoms with E-state index in [0.717, 1.165) is 17.4 Å². The summed E-state index contributed by atoms with van der Waals surface area (Å²) in [6, 6.07) is 32.6. The molecular weight excluding hydrogens is 352 g/mol. The van der Waals surface area contributed by atoms with E-state index in [2.05, 4.69) is 97.9 Å². The van der Waals surface area contributed by atoms with Crippen molar-refractivity contribution in [3.05, 3.63) is 130 Å². The molecule has 0 saturated heterocycles. The molecule has 0 aliphatic heterocycles. The molecule has 0 aromatic heterocycles. The molecule has 0 amide bonds. The molecule has 1 atom stereocenters. The summed E-state index contributed by atoms with van der Waals surface area (Å²) in [6.07, 6.45) is 1.10. The van der Waals surface area contributed by atoms with Crippen LogP contribution in [0.3, 0.4) is 0 Å². The van der Waals surface area contributed by atoms with E-state index < -0.39 is 0 Å². The normalized spacial score (nSPS) is 17.2. The first-order valence-electron chi connectivity index (χ1n) is 10.1. The Labute approximate surface area is 170 Å². The molecule has 1 heteroatoms. The first-order valence-corrected chi connectivity index (χ1v) is 10.1. The van der Waals surface area contributed by atoms with Crippen LogP contribution < -0.4 is 0 Å². The Morgan fingerprint density at radius 2 is 1.21 bits per heavy atom. The van der Waals surface area contributed by atoms with Gasteiger partial charge in [-0.25, -0.2) is 0 Å². The maximum atomic E-state index is 12.3. The Kier molecular flexibility index (Phi) is 3.29. The SMILES string of the molecule is Cc1ccc2c(c1)C1(c3ccccc3-c3ccccc31)c1ccccc1C2C=O. The summed E-state index contributed by atoms with van der Waals surface area (Å²) in [5.41, 5.74) is 10.7. The second-order valence-electron chi connectivity index (χ2n) is 8.13. The summed E-state index contributed by atoms with van der Waals surface area (Å²) < 4.78 is 0. The van der Waals surface area contributed by atoms with Crippen molar-refractivity contribution in [3.8, 4) is 11.1 Å². The Morgan fingerprint density at radius 3 is 1.86 bits per heavy atom. The van der Waals surface area contributed by atoms with Crippen LogP contribution in [0.5, 0.6) is 0 Å². The summed E-state index contributed by atoms with van der Waals surface area (Å²) in [4.78, 5) is 12.3. The molecule has 29 heavy (non-hydrogen) atoms. The predicted molar refractivity (Wildman–Crippen MR) is 116 cm³/mol. The molecule has 6 rings (SSSR count). The lowest BCUT2D eigenvalue weighted by molar-refractivity contribution is -0.108. The molecule has 1 nitrogen and oxygen atoms in total. The summed E-state index contributed by atoms with van der Waals surface area (Å²) in [7, 11) is 0. The fourth-order valence-corrected chi connectivity index (χ4v) is 5.65. The number of carbonyl (C=O) groups excluding carboxylic acids is 1. The van der Waals surface area contributed by atoms with Crippen molar-refractivity contribution in [1.29, 1.82) is 0 Å². The topological polar surface area (TPSA) is 17.1 Å². The number of aryl methyl sites for hydroxylation is 1. The average Bonchev–Trinajstić information content (AvgIpc) is 3.06. The highest BCUT2D eigenvalue weighted by atomic mass is 16.1. The fourth-order valence-electron chi connectivity index (χ4n) is 5.65. The Balaban J connectivity index is 1.87. The van der Waals surface area contributed by atoms with Crippen LogP contribution in [0.1, 0.15) is 44.9 Å². The van der Waals surface area contributed by atoms with Crippen LogP contribution in [0.25, 0.3) is 11.1 Å². The standard InChI is InChI=1S/C28H20O/c1-18-14-15-22-23(17-29)21-10-4-7-13-26(21)28(27(22)16-18)24-11-5-2-8-19(24)20-9-3-6-12-25(20)28/h2-17,23H,1H3. The third-order valence-electron chi connectivity index (χ3n) is 6.74. The average molecular weight is 372 g/mol. The lowest BCUT2D eigenvalue weighted by Gasteiger charge is -2.42. The van der Waals surface area contributed by atoms with Crippen molar-refractivity contribution in [3.63, 3.8) is 0 Å². The van der Waals surface area contributed by atoms with Crippen LogP contribution in [0, 0.1) is 6.92 Å². The van der Waals surface area contributed by atoms with Crippen LogP contribution >= 0.6 is 0 Å². The number of benzene rings is 4. The summed E-state index contributed by atoms with van der Waals surface area (Å²) in [5, 5.41) is 0. The number of fused-ring (bicyclic) bond motifs is 9. The highest BCUT2D eigenvalue weighted by Gasteiger charge is 2.51. The number of hydrogen-bond acceptors (Lipinski definition) is 1. The van der Waals surface area contributed by atoms with Crippen molar-refractivity contribution in [2.24, 2.45) is 0 Å². The number of hydrogen-bond donors (Lipinski definition) is 0. The Hall–Kier alpha value is -3.45. The minimum Gasteiger partial charge on any atom is -0.302 e. The van der Waals surface area contributed by atoms with Gasteiger partial charge in [0.25, 0.3) is 0 Å². The molecule has 1 unspecified atom stereocenters. The van der Waals surface area contributed by atoms with Gasteiger partial charge >= 0.3 is 0 Å². The van der Waals surface area contributed by atoms with Crippen molar-refractivity contribution in [2.45, 2.75) is 18.3 Å². The molecule has 0 bridgehead atoms. The monoisotopic (exact) mass is 372 g/mol. The highest BCUT2D eigenvalue weighted by molar-refractivity contribution is 5.89. The van der Waals surface area contributed by atoms with Gasteiger partial charge in [-0.2, -0.15) is 0 Å². The molecule has 2 aliphatic carbocycles. The van der Waals surface area contributed by atoms with Crippen molar-refractivity contribution in [2.75, 3.05) is 0 Å². The van der Waals surface area contributed by atoms with E-state index in [1.54, 1.807) is 0 Å². The van der Waals surface area contributed by atoms with E-state index in [1.807, 2.05) is 0 Å². The maximum Gasteiger partial charge on any atom is 0.131 e. The van der Waals surface area contributed by atoms with E-state index in [4.69, 9.17) is 0 Å². The van der Waals surface area contributed by atoms with E-state index in [9.17, 15) is 4.79 Å². The fraction of sp³-hybridized carbons (Fsp3) is 0.107.